The van der Waals surface area contributed by atoms with Gasteiger partial charge in [0.1, 0.15) is 5.75 Å². The second kappa shape index (κ2) is 7.85. The van der Waals surface area contributed by atoms with Crippen LogP contribution in [0.25, 0.3) is 11.3 Å². The lowest BCUT2D eigenvalue weighted by atomic mass is 10.2. The van der Waals surface area contributed by atoms with Gasteiger partial charge in [0.05, 0.1) is 24.2 Å². The third-order valence-corrected chi connectivity index (χ3v) is 6.63. The topological polar surface area (TPSA) is 54.5 Å². The maximum absolute atomic E-state index is 13.3. The molecule has 1 aliphatic rings. The first kappa shape index (κ1) is 18.7. The monoisotopic (exact) mass is 431 g/mol. The van der Waals surface area contributed by atoms with Gasteiger partial charge in [-0.3, -0.25) is 10.2 Å². The lowest BCUT2D eigenvalue weighted by Crippen LogP contribution is -2.32. The Hall–Kier alpha value is -3.29. The Morgan fingerprint density at radius 1 is 0.933 bits per heavy atom. The number of hydrogen-bond acceptors (Lipinski definition) is 5. The number of amides is 2. The molecule has 1 N–H and O–H groups in total. The van der Waals surface area contributed by atoms with Gasteiger partial charge >= 0.3 is 6.03 Å². The molecule has 0 aliphatic carbocycles. The fourth-order valence-corrected chi connectivity index (χ4v) is 5.06. The average Bonchev–Trinajstić information content (AvgIpc) is 3.25. The molecule has 0 radical (unpaired) electrons. The number of para-hydroxylation sites is 2. The highest BCUT2D eigenvalue weighted by Crippen LogP contribution is 2.48. The zero-order valence-electron chi connectivity index (χ0n) is 16.0. The summed E-state index contributed by atoms with van der Waals surface area (Å²) in [6.45, 7) is 0. The lowest BCUT2D eigenvalue weighted by Gasteiger charge is -2.30. The highest BCUT2D eigenvalue weighted by Gasteiger charge is 2.28. The Morgan fingerprint density at radius 3 is 2.20 bits per heavy atom. The van der Waals surface area contributed by atoms with Gasteiger partial charge in [0, 0.05) is 20.7 Å². The molecule has 0 fully saturated rings. The molecule has 3 aromatic carbocycles. The number of anilines is 3. The van der Waals surface area contributed by atoms with Crippen LogP contribution in [-0.2, 0) is 0 Å². The number of rotatable bonds is 3. The molecule has 7 heteroatoms. The fraction of sp³-hybridized carbons (Fsp3) is 0.0435. The van der Waals surface area contributed by atoms with Crippen LogP contribution < -0.4 is 15.0 Å². The molecule has 30 heavy (non-hydrogen) atoms. The summed E-state index contributed by atoms with van der Waals surface area (Å²) in [6, 6.07) is 23.3. The molecule has 0 atom stereocenters. The quantitative estimate of drug-likeness (QED) is 0.394. The third kappa shape index (κ3) is 3.42. The van der Waals surface area contributed by atoms with Gasteiger partial charge in [-0.15, -0.1) is 11.3 Å². The number of nitrogens with zero attached hydrogens (tertiary/aromatic N) is 2. The number of thiazole rings is 1. The molecule has 1 aliphatic heterocycles. The smallest absolute Gasteiger partial charge is 0.332 e. The average molecular weight is 432 g/mol. The number of methoxy groups -OCH3 is 1. The SMILES string of the molecule is COc1ccc(-c2csc(NC(=O)N3c4ccccc4Sc4ccccc43)n2)cc1. The number of aromatic nitrogens is 1. The summed E-state index contributed by atoms with van der Waals surface area (Å²) in [5.74, 6) is 0.794. The summed E-state index contributed by atoms with van der Waals surface area (Å²) in [5, 5.41) is 5.46. The molecule has 0 saturated heterocycles. The molecule has 5 rings (SSSR count). The fourth-order valence-electron chi connectivity index (χ4n) is 3.30. The largest absolute Gasteiger partial charge is 0.497 e. The van der Waals surface area contributed by atoms with E-state index >= 15 is 0 Å². The second-order valence-corrected chi connectivity index (χ2v) is 8.51. The summed E-state index contributed by atoms with van der Waals surface area (Å²) in [6.07, 6.45) is 0. The summed E-state index contributed by atoms with van der Waals surface area (Å²) in [7, 11) is 1.64. The van der Waals surface area contributed by atoms with E-state index in [1.807, 2.05) is 78.2 Å². The number of nitrogens with one attached hydrogen (secondary N) is 1. The van der Waals surface area contributed by atoms with Crippen LogP contribution in [0.2, 0.25) is 0 Å². The minimum atomic E-state index is -0.231. The van der Waals surface area contributed by atoms with E-state index in [0.29, 0.717) is 5.13 Å². The Labute approximate surface area is 182 Å². The first-order valence-corrected chi connectivity index (χ1v) is 11.0. The predicted octanol–water partition coefficient (Wildman–Crippen LogP) is 6.65. The molecular formula is C23H17N3O2S2. The summed E-state index contributed by atoms with van der Waals surface area (Å²) in [5.41, 5.74) is 3.52. The van der Waals surface area contributed by atoms with E-state index in [1.165, 1.54) is 11.3 Å². The highest BCUT2D eigenvalue weighted by molar-refractivity contribution is 7.99. The second-order valence-electron chi connectivity index (χ2n) is 6.57. The Morgan fingerprint density at radius 2 is 1.57 bits per heavy atom. The van der Waals surface area contributed by atoms with Crippen LogP contribution in [0.5, 0.6) is 5.75 Å². The third-order valence-electron chi connectivity index (χ3n) is 4.74. The molecule has 0 saturated carbocycles. The molecule has 0 bridgehead atoms. The Bertz CT molecular complexity index is 1180. The van der Waals surface area contributed by atoms with Gasteiger partial charge in [-0.2, -0.15) is 0 Å². The number of carbonyl (C=O) groups is 1. The summed E-state index contributed by atoms with van der Waals surface area (Å²) >= 11 is 3.07. The summed E-state index contributed by atoms with van der Waals surface area (Å²) in [4.78, 5) is 21.7. The molecule has 2 heterocycles. The van der Waals surface area contributed by atoms with Crippen LogP contribution in [0, 0.1) is 0 Å². The van der Waals surface area contributed by atoms with Crippen LogP contribution in [0.3, 0.4) is 0 Å². The van der Waals surface area contributed by atoms with Crippen molar-refractivity contribution < 1.29 is 9.53 Å². The van der Waals surface area contributed by atoms with E-state index in [4.69, 9.17) is 4.74 Å². The number of benzene rings is 3. The van der Waals surface area contributed by atoms with Crippen LogP contribution >= 0.6 is 23.1 Å². The zero-order chi connectivity index (χ0) is 20.5. The molecule has 2 amide bonds. The van der Waals surface area contributed by atoms with Gasteiger partial charge in [-0.25, -0.2) is 9.78 Å². The van der Waals surface area contributed by atoms with Gasteiger partial charge in [0.25, 0.3) is 0 Å². The van der Waals surface area contributed by atoms with Gasteiger partial charge in [-0.05, 0) is 48.5 Å². The Kier molecular flexibility index (Phi) is 4.90. The maximum Gasteiger partial charge on any atom is 0.332 e. The van der Waals surface area contributed by atoms with E-state index < -0.39 is 0 Å². The van der Waals surface area contributed by atoms with Crippen molar-refractivity contribution in [1.29, 1.82) is 0 Å². The minimum absolute atomic E-state index is 0.231. The van der Waals surface area contributed by atoms with Crippen LogP contribution in [0.1, 0.15) is 0 Å². The van der Waals surface area contributed by atoms with Crippen molar-refractivity contribution in [2.24, 2.45) is 0 Å². The van der Waals surface area contributed by atoms with Gasteiger partial charge in [0.15, 0.2) is 5.13 Å². The van der Waals surface area contributed by atoms with E-state index in [-0.39, 0.29) is 6.03 Å². The number of carbonyl (C=O) groups excluding carboxylic acids is 1. The van der Waals surface area contributed by atoms with Crippen molar-refractivity contribution in [2.75, 3.05) is 17.3 Å². The standard InChI is InChI=1S/C23H17N3O2S2/c1-28-16-12-10-15(11-13-16)17-14-29-22(24-17)25-23(27)26-18-6-2-4-8-20(18)30-21-9-5-3-7-19(21)26/h2-14H,1H3,(H,24,25,27). The number of ether oxygens (including phenoxy) is 1. The number of urea groups is 1. The van der Waals surface area contributed by atoms with Gasteiger partial charge in [0.2, 0.25) is 0 Å². The van der Waals surface area contributed by atoms with Crippen LogP contribution in [0.4, 0.5) is 21.3 Å². The van der Waals surface area contributed by atoms with Crippen molar-refractivity contribution in [3.8, 4) is 17.0 Å². The molecule has 0 spiro atoms. The first-order valence-electron chi connectivity index (χ1n) is 9.30. The van der Waals surface area contributed by atoms with E-state index in [1.54, 1.807) is 23.8 Å². The van der Waals surface area contributed by atoms with E-state index in [0.717, 1.165) is 38.2 Å². The number of hydrogen-bond donors (Lipinski definition) is 1. The molecule has 5 nitrogen and oxygen atoms in total. The maximum atomic E-state index is 13.3. The summed E-state index contributed by atoms with van der Waals surface area (Å²) < 4.78 is 5.21. The van der Waals surface area contributed by atoms with Crippen molar-refractivity contribution in [3.05, 3.63) is 78.2 Å². The normalized spacial score (nSPS) is 12.1. The molecule has 0 unspecified atom stereocenters. The van der Waals surface area contributed by atoms with Crippen molar-refractivity contribution in [1.82, 2.24) is 4.98 Å². The minimum Gasteiger partial charge on any atom is -0.497 e. The number of fused-ring (bicyclic) bond motifs is 2. The Balaban J connectivity index is 1.43. The van der Waals surface area contributed by atoms with Crippen molar-refractivity contribution >= 4 is 45.6 Å². The van der Waals surface area contributed by atoms with Crippen molar-refractivity contribution in [3.63, 3.8) is 0 Å². The van der Waals surface area contributed by atoms with Crippen LogP contribution in [0.15, 0.2) is 88.0 Å². The molecule has 1 aromatic heterocycles. The predicted molar refractivity (Wildman–Crippen MR) is 122 cm³/mol. The van der Waals surface area contributed by atoms with Crippen LogP contribution in [-0.4, -0.2) is 18.1 Å². The first-order chi connectivity index (χ1) is 14.7. The van der Waals surface area contributed by atoms with E-state index in [9.17, 15) is 4.79 Å². The molecule has 148 valence electrons. The van der Waals surface area contributed by atoms with Crippen molar-refractivity contribution in [2.45, 2.75) is 9.79 Å². The molecular weight excluding hydrogens is 414 g/mol. The van der Waals surface area contributed by atoms with E-state index in [2.05, 4.69) is 10.3 Å². The molecule has 4 aromatic rings. The zero-order valence-corrected chi connectivity index (χ0v) is 17.7. The van der Waals surface area contributed by atoms with Gasteiger partial charge in [-0.1, -0.05) is 36.0 Å². The lowest BCUT2D eigenvalue weighted by molar-refractivity contribution is 0.259. The highest BCUT2D eigenvalue weighted by atomic mass is 32.2. The van der Waals surface area contributed by atoms with Gasteiger partial charge < -0.3 is 4.74 Å².